The van der Waals surface area contributed by atoms with E-state index < -0.39 is 5.97 Å². The minimum absolute atomic E-state index is 0.0890. The second-order valence-corrected chi connectivity index (χ2v) is 3.45. The van der Waals surface area contributed by atoms with Gasteiger partial charge in [0.05, 0.1) is 18.5 Å². The molecule has 7 nitrogen and oxygen atoms in total. The number of rotatable bonds is 4. The Morgan fingerprint density at radius 1 is 1.56 bits per heavy atom. The van der Waals surface area contributed by atoms with Gasteiger partial charge in [-0.05, 0) is 13.0 Å². The van der Waals surface area contributed by atoms with Crippen LogP contribution in [0.15, 0.2) is 24.4 Å². The Balaban J connectivity index is 2.39. The Morgan fingerprint density at radius 3 is 2.94 bits per heavy atom. The summed E-state index contributed by atoms with van der Waals surface area (Å²) in [5, 5.41) is 12.7. The summed E-state index contributed by atoms with van der Waals surface area (Å²) in [4.78, 5) is 15.0. The van der Waals surface area contributed by atoms with Crippen LogP contribution in [0.5, 0.6) is 5.88 Å². The molecule has 0 aliphatic rings. The fraction of sp³-hybridized carbons (Fsp3) is 0.182. The van der Waals surface area contributed by atoms with Gasteiger partial charge in [0.25, 0.3) is 0 Å². The maximum atomic E-state index is 10.8. The van der Waals surface area contributed by atoms with Crippen LogP contribution in [0, 0.1) is 0 Å². The van der Waals surface area contributed by atoms with Crippen LogP contribution >= 0.6 is 0 Å². The summed E-state index contributed by atoms with van der Waals surface area (Å²) in [6, 6.07) is 5.13. The first-order valence-electron chi connectivity index (χ1n) is 5.30. The molecule has 0 fully saturated rings. The highest BCUT2D eigenvalue weighted by Gasteiger charge is 2.14. The van der Waals surface area contributed by atoms with Crippen molar-refractivity contribution in [3.8, 4) is 11.7 Å². The zero-order valence-corrected chi connectivity index (χ0v) is 9.70. The van der Waals surface area contributed by atoms with Crippen LogP contribution in [-0.2, 0) is 0 Å². The standard InChI is InChI=1S/C11H12N4O3/c1-2-18-9-5-3-4-8(13-9)15-6-7(12)10(14-15)11(16)17/h3-6H,2,12H2,1H3,(H,16,17). The predicted molar refractivity (Wildman–Crippen MR) is 63.9 cm³/mol. The third kappa shape index (κ3) is 2.24. The Morgan fingerprint density at radius 2 is 2.33 bits per heavy atom. The van der Waals surface area contributed by atoms with E-state index in [1.165, 1.54) is 10.9 Å². The number of ether oxygens (including phenoxy) is 1. The lowest BCUT2D eigenvalue weighted by Gasteiger charge is -2.04. The second kappa shape index (κ2) is 4.74. The van der Waals surface area contributed by atoms with Gasteiger partial charge in [0.15, 0.2) is 11.5 Å². The van der Waals surface area contributed by atoms with Crippen molar-refractivity contribution in [1.29, 1.82) is 0 Å². The van der Waals surface area contributed by atoms with Gasteiger partial charge >= 0.3 is 5.97 Å². The molecule has 0 spiro atoms. The number of carboxylic acid groups (broad SMARTS) is 1. The lowest BCUT2D eigenvalue weighted by molar-refractivity contribution is 0.0691. The Hall–Kier alpha value is -2.57. The molecule has 0 saturated heterocycles. The number of nitrogens with zero attached hydrogens (tertiary/aromatic N) is 3. The minimum Gasteiger partial charge on any atom is -0.478 e. The van der Waals surface area contributed by atoms with Crippen LogP contribution in [0.3, 0.4) is 0 Å². The first-order chi connectivity index (χ1) is 8.61. The molecule has 7 heteroatoms. The number of nitrogens with two attached hydrogens (primary N) is 1. The Labute approximate surface area is 103 Å². The van der Waals surface area contributed by atoms with E-state index in [1.807, 2.05) is 6.92 Å². The average molecular weight is 248 g/mol. The number of hydrogen-bond acceptors (Lipinski definition) is 5. The molecule has 0 radical (unpaired) electrons. The third-order valence-electron chi connectivity index (χ3n) is 2.18. The SMILES string of the molecule is CCOc1cccc(-n2cc(N)c(C(=O)O)n2)n1. The molecule has 0 aliphatic heterocycles. The number of aromatic nitrogens is 3. The number of nitrogen functional groups attached to an aromatic ring is 1. The fourth-order valence-corrected chi connectivity index (χ4v) is 1.43. The van der Waals surface area contributed by atoms with E-state index in [0.29, 0.717) is 18.3 Å². The van der Waals surface area contributed by atoms with E-state index >= 15 is 0 Å². The van der Waals surface area contributed by atoms with E-state index in [1.54, 1.807) is 18.2 Å². The largest absolute Gasteiger partial charge is 0.478 e. The molecule has 0 unspecified atom stereocenters. The minimum atomic E-state index is -1.17. The zero-order valence-electron chi connectivity index (χ0n) is 9.70. The molecular weight excluding hydrogens is 236 g/mol. The first-order valence-corrected chi connectivity index (χ1v) is 5.30. The van der Waals surface area contributed by atoms with E-state index in [4.69, 9.17) is 15.6 Å². The molecule has 2 aromatic rings. The lowest BCUT2D eigenvalue weighted by Crippen LogP contribution is -2.04. The molecule has 2 rings (SSSR count). The molecule has 94 valence electrons. The molecule has 0 aromatic carbocycles. The van der Waals surface area contributed by atoms with Gasteiger partial charge in [-0.25, -0.2) is 9.48 Å². The van der Waals surface area contributed by atoms with Gasteiger partial charge in [0, 0.05) is 6.07 Å². The Kier molecular flexibility index (Phi) is 3.13. The van der Waals surface area contributed by atoms with Crippen molar-refractivity contribution in [2.45, 2.75) is 6.92 Å². The highest BCUT2D eigenvalue weighted by Crippen LogP contribution is 2.15. The van der Waals surface area contributed by atoms with Crippen molar-refractivity contribution in [1.82, 2.24) is 14.8 Å². The molecule has 0 saturated carbocycles. The first kappa shape index (κ1) is 11.9. The van der Waals surface area contributed by atoms with Crippen molar-refractivity contribution >= 4 is 11.7 Å². The summed E-state index contributed by atoms with van der Waals surface area (Å²) >= 11 is 0. The van der Waals surface area contributed by atoms with Gasteiger partial charge in [-0.15, -0.1) is 0 Å². The summed E-state index contributed by atoms with van der Waals surface area (Å²) in [6.45, 7) is 2.35. The molecule has 0 amide bonds. The predicted octanol–water partition coefficient (Wildman–Crippen LogP) is 0.946. The fourth-order valence-electron chi connectivity index (χ4n) is 1.43. The van der Waals surface area contributed by atoms with Crippen molar-refractivity contribution < 1.29 is 14.6 Å². The van der Waals surface area contributed by atoms with Crippen molar-refractivity contribution in [3.05, 3.63) is 30.1 Å². The van der Waals surface area contributed by atoms with Gasteiger partial charge in [-0.3, -0.25) is 0 Å². The topological polar surface area (TPSA) is 103 Å². The van der Waals surface area contributed by atoms with E-state index in [9.17, 15) is 4.79 Å². The Bertz CT molecular complexity index is 579. The maximum Gasteiger partial charge on any atom is 0.358 e. The summed E-state index contributed by atoms with van der Waals surface area (Å²) < 4.78 is 6.56. The van der Waals surface area contributed by atoms with Gasteiger partial charge in [-0.2, -0.15) is 10.1 Å². The van der Waals surface area contributed by atoms with Crippen molar-refractivity contribution in [2.75, 3.05) is 12.3 Å². The molecule has 2 aromatic heterocycles. The van der Waals surface area contributed by atoms with Gasteiger partial charge in [0.2, 0.25) is 5.88 Å². The van der Waals surface area contributed by atoms with Crippen LogP contribution in [0.25, 0.3) is 5.82 Å². The monoisotopic (exact) mass is 248 g/mol. The third-order valence-corrected chi connectivity index (χ3v) is 2.18. The highest BCUT2D eigenvalue weighted by molar-refractivity contribution is 5.91. The second-order valence-electron chi connectivity index (χ2n) is 3.45. The summed E-state index contributed by atoms with van der Waals surface area (Å²) in [7, 11) is 0. The summed E-state index contributed by atoms with van der Waals surface area (Å²) in [5.74, 6) is -0.284. The van der Waals surface area contributed by atoms with Crippen LogP contribution in [0.4, 0.5) is 5.69 Å². The van der Waals surface area contributed by atoms with Crippen molar-refractivity contribution in [3.63, 3.8) is 0 Å². The number of aromatic carboxylic acids is 1. The van der Waals surface area contributed by atoms with E-state index in [2.05, 4.69) is 10.1 Å². The van der Waals surface area contributed by atoms with Crippen LogP contribution in [0.1, 0.15) is 17.4 Å². The lowest BCUT2D eigenvalue weighted by atomic mass is 10.4. The molecule has 2 heterocycles. The van der Waals surface area contributed by atoms with Crippen LogP contribution < -0.4 is 10.5 Å². The maximum absolute atomic E-state index is 10.8. The zero-order chi connectivity index (χ0) is 13.1. The molecule has 18 heavy (non-hydrogen) atoms. The van der Waals surface area contributed by atoms with Gasteiger partial charge in [-0.1, -0.05) is 6.07 Å². The summed E-state index contributed by atoms with van der Waals surface area (Å²) in [6.07, 6.45) is 1.40. The number of pyridine rings is 1. The van der Waals surface area contributed by atoms with Gasteiger partial charge < -0.3 is 15.6 Å². The summed E-state index contributed by atoms with van der Waals surface area (Å²) in [5.41, 5.74) is 5.45. The molecular formula is C11H12N4O3. The van der Waals surface area contributed by atoms with Crippen LogP contribution in [0.2, 0.25) is 0 Å². The smallest absolute Gasteiger partial charge is 0.358 e. The number of hydrogen-bond donors (Lipinski definition) is 2. The van der Waals surface area contributed by atoms with Crippen molar-refractivity contribution in [2.24, 2.45) is 0 Å². The average Bonchev–Trinajstić information content (AvgIpc) is 2.72. The number of carbonyl (C=O) groups is 1. The quantitative estimate of drug-likeness (QED) is 0.834. The van der Waals surface area contributed by atoms with Crippen LogP contribution in [-0.4, -0.2) is 32.4 Å². The molecule has 0 bridgehead atoms. The molecule has 0 atom stereocenters. The molecule has 0 aliphatic carbocycles. The number of anilines is 1. The normalized spacial score (nSPS) is 10.3. The van der Waals surface area contributed by atoms with E-state index in [-0.39, 0.29) is 11.4 Å². The molecule has 3 N–H and O–H groups in total. The number of carboxylic acids is 1. The van der Waals surface area contributed by atoms with Gasteiger partial charge in [0.1, 0.15) is 0 Å². The van der Waals surface area contributed by atoms with E-state index in [0.717, 1.165) is 0 Å². The highest BCUT2D eigenvalue weighted by atomic mass is 16.5.